The molecule has 1 amide bonds. The number of nitrogens with zero attached hydrogens (tertiary/aromatic N) is 3. The van der Waals surface area contributed by atoms with Gasteiger partial charge in [0, 0.05) is 18.2 Å². The smallest absolute Gasteiger partial charge is 0.254 e. The van der Waals surface area contributed by atoms with E-state index in [0.717, 1.165) is 16.7 Å². The zero-order valence-corrected chi connectivity index (χ0v) is 17.5. The molecule has 31 heavy (non-hydrogen) atoms. The van der Waals surface area contributed by atoms with Gasteiger partial charge >= 0.3 is 0 Å². The predicted octanol–water partition coefficient (Wildman–Crippen LogP) is 4.90. The normalized spacial score (nSPS) is 10.6. The van der Waals surface area contributed by atoms with Crippen LogP contribution in [0.1, 0.15) is 27.4 Å². The SMILES string of the molecule is Cc1ccc(-c2noc(CN(C)C(=O)c3cccc(OCc4ccccc4)c3)n2)cc1. The second-order valence-corrected chi connectivity index (χ2v) is 7.34. The average molecular weight is 413 g/mol. The third-order valence-corrected chi connectivity index (χ3v) is 4.83. The summed E-state index contributed by atoms with van der Waals surface area (Å²) in [6, 6.07) is 24.9. The Kier molecular flexibility index (Phi) is 6.08. The van der Waals surface area contributed by atoms with Crippen LogP contribution in [0.3, 0.4) is 0 Å². The van der Waals surface area contributed by atoms with Gasteiger partial charge < -0.3 is 14.2 Å². The molecule has 0 spiro atoms. The average Bonchev–Trinajstić information content (AvgIpc) is 3.27. The van der Waals surface area contributed by atoms with Gasteiger partial charge in [0.2, 0.25) is 11.7 Å². The van der Waals surface area contributed by atoms with Crippen molar-refractivity contribution in [2.24, 2.45) is 0 Å². The van der Waals surface area contributed by atoms with E-state index in [1.807, 2.05) is 73.7 Å². The quantitative estimate of drug-likeness (QED) is 0.431. The number of amides is 1. The zero-order valence-electron chi connectivity index (χ0n) is 17.5. The number of hydrogen-bond acceptors (Lipinski definition) is 5. The first-order chi connectivity index (χ1) is 15.1. The number of benzene rings is 3. The number of rotatable bonds is 7. The third kappa shape index (κ3) is 5.17. The van der Waals surface area contributed by atoms with E-state index in [4.69, 9.17) is 9.26 Å². The molecule has 0 saturated heterocycles. The molecule has 6 nitrogen and oxygen atoms in total. The molecular weight excluding hydrogens is 390 g/mol. The van der Waals surface area contributed by atoms with Crippen molar-refractivity contribution in [3.05, 3.63) is 101 Å². The summed E-state index contributed by atoms with van der Waals surface area (Å²) < 4.78 is 11.2. The van der Waals surface area contributed by atoms with Gasteiger partial charge in [0.1, 0.15) is 12.4 Å². The number of aromatic nitrogens is 2. The summed E-state index contributed by atoms with van der Waals surface area (Å²) in [7, 11) is 1.70. The molecule has 0 saturated carbocycles. The van der Waals surface area contributed by atoms with Gasteiger partial charge in [0.25, 0.3) is 5.91 Å². The topological polar surface area (TPSA) is 68.5 Å². The van der Waals surface area contributed by atoms with Crippen LogP contribution >= 0.6 is 0 Å². The molecule has 0 radical (unpaired) electrons. The highest BCUT2D eigenvalue weighted by atomic mass is 16.5. The van der Waals surface area contributed by atoms with E-state index in [-0.39, 0.29) is 12.5 Å². The number of carbonyl (C=O) groups excluding carboxylic acids is 1. The molecule has 4 rings (SSSR count). The molecule has 156 valence electrons. The fourth-order valence-corrected chi connectivity index (χ4v) is 3.09. The third-order valence-electron chi connectivity index (χ3n) is 4.83. The number of hydrogen-bond donors (Lipinski definition) is 0. The van der Waals surface area contributed by atoms with E-state index < -0.39 is 0 Å². The highest BCUT2D eigenvalue weighted by molar-refractivity contribution is 5.94. The first-order valence-electron chi connectivity index (χ1n) is 10.0. The van der Waals surface area contributed by atoms with Crippen molar-refractivity contribution in [2.75, 3.05) is 7.05 Å². The lowest BCUT2D eigenvalue weighted by Crippen LogP contribution is -2.26. The van der Waals surface area contributed by atoms with Gasteiger partial charge in [-0.25, -0.2) is 0 Å². The van der Waals surface area contributed by atoms with Gasteiger partial charge in [-0.3, -0.25) is 4.79 Å². The maximum Gasteiger partial charge on any atom is 0.254 e. The Morgan fingerprint density at radius 1 is 1.00 bits per heavy atom. The summed E-state index contributed by atoms with van der Waals surface area (Å²) in [5.41, 5.74) is 3.63. The summed E-state index contributed by atoms with van der Waals surface area (Å²) in [6.45, 7) is 2.68. The van der Waals surface area contributed by atoms with Crippen LogP contribution in [-0.2, 0) is 13.2 Å². The van der Waals surface area contributed by atoms with Gasteiger partial charge in [-0.15, -0.1) is 0 Å². The van der Waals surface area contributed by atoms with Crippen molar-refractivity contribution >= 4 is 5.91 Å². The van der Waals surface area contributed by atoms with Gasteiger partial charge in [0.05, 0.1) is 6.54 Å². The second kappa shape index (κ2) is 9.26. The Morgan fingerprint density at radius 3 is 2.55 bits per heavy atom. The molecule has 0 N–H and O–H groups in total. The molecule has 0 unspecified atom stereocenters. The zero-order chi connectivity index (χ0) is 21.6. The summed E-state index contributed by atoms with van der Waals surface area (Å²) in [5, 5.41) is 4.02. The first kappa shape index (κ1) is 20.3. The number of aryl methyl sites for hydroxylation is 1. The molecule has 6 heteroatoms. The van der Waals surface area contributed by atoms with Crippen molar-refractivity contribution in [1.82, 2.24) is 15.0 Å². The molecule has 0 bridgehead atoms. The summed E-state index contributed by atoms with van der Waals surface area (Å²) in [5.74, 6) is 1.37. The maximum atomic E-state index is 12.9. The van der Waals surface area contributed by atoms with Gasteiger partial charge in [-0.05, 0) is 30.7 Å². The Bertz CT molecular complexity index is 1150. The van der Waals surface area contributed by atoms with Crippen LogP contribution < -0.4 is 4.74 Å². The Morgan fingerprint density at radius 2 is 1.77 bits per heavy atom. The lowest BCUT2D eigenvalue weighted by atomic mass is 10.1. The monoisotopic (exact) mass is 413 g/mol. The highest BCUT2D eigenvalue weighted by Crippen LogP contribution is 2.19. The van der Waals surface area contributed by atoms with E-state index >= 15 is 0 Å². The largest absolute Gasteiger partial charge is 0.489 e. The summed E-state index contributed by atoms with van der Waals surface area (Å²) in [6.07, 6.45) is 0. The molecule has 0 atom stereocenters. The standard InChI is InChI=1S/C25H23N3O3/c1-18-11-13-20(14-12-18)24-26-23(31-27-24)16-28(2)25(29)21-9-6-10-22(15-21)30-17-19-7-4-3-5-8-19/h3-15H,16-17H2,1-2H3. The van der Waals surface area contributed by atoms with Crippen LogP contribution in [-0.4, -0.2) is 28.0 Å². The van der Waals surface area contributed by atoms with Crippen LogP contribution in [0.25, 0.3) is 11.4 Å². The molecule has 1 aromatic heterocycles. The molecule has 4 aromatic rings. The van der Waals surface area contributed by atoms with Crippen LogP contribution in [0.5, 0.6) is 5.75 Å². The van der Waals surface area contributed by atoms with Crippen molar-refractivity contribution in [3.8, 4) is 17.1 Å². The van der Waals surface area contributed by atoms with Crippen molar-refractivity contribution in [3.63, 3.8) is 0 Å². The van der Waals surface area contributed by atoms with Gasteiger partial charge in [0.15, 0.2) is 0 Å². The van der Waals surface area contributed by atoms with E-state index in [2.05, 4.69) is 10.1 Å². The predicted molar refractivity (Wildman–Crippen MR) is 117 cm³/mol. The summed E-state index contributed by atoms with van der Waals surface area (Å²) in [4.78, 5) is 18.8. The van der Waals surface area contributed by atoms with E-state index in [9.17, 15) is 4.79 Å². The van der Waals surface area contributed by atoms with Crippen molar-refractivity contribution in [2.45, 2.75) is 20.1 Å². The van der Waals surface area contributed by atoms with Crippen LogP contribution in [0.4, 0.5) is 0 Å². The lowest BCUT2D eigenvalue weighted by Gasteiger charge is -2.15. The van der Waals surface area contributed by atoms with Crippen LogP contribution in [0.15, 0.2) is 83.4 Å². The van der Waals surface area contributed by atoms with Crippen molar-refractivity contribution in [1.29, 1.82) is 0 Å². The molecule has 0 fully saturated rings. The van der Waals surface area contributed by atoms with Crippen LogP contribution in [0, 0.1) is 6.92 Å². The van der Waals surface area contributed by atoms with Crippen molar-refractivity contribution < 1.29 is 14.1 Å². The molecule has 1 heterocycles. The second-order valence-electron chi connectivity index (χ2n) is 7.34. The lowest BCUT2D eigenvalue weighted by molar-refractivity contribution is 0.0769. The minimum absolute atomic E-state index is 0.153. The fraction of sp³-hybridized carbons (Fsp3) is 0.160. The number of ether oxygens (including phenoxy) is 1. The van der Waals surface area contributed by atoms with E-state index in [1.165, 1.54) is 0 Å². The Balaban J connectivity index is 1.39. The first-order valence-corrected chi connectivity index (χ1v) is 10.0. The summed E-state index contributed by atoms with van der Waals surface area (Å²) >= 11 is 0. The molecule has 0 aliphatic carbocycles. The van der Waals surface area contributed by atoms with E-state index in [1.54, 1.807) is 24.1 Å². The fourth-order valence-electron chi connectivity index (χ4n) is 3.09. The molecule has 3 aromatic carbocycles. The maximum absolute atomic E-state index is 12.9. The van der Waals surface area contributed by atoms with Gasteiger partial charge in [-0.2, -0.15) is 4.98 Å². The minimum atomic E-state index is -0.153. The Labute approximate surface area is 181 Å². The van der Waals surface area contributed by atoms with Gasteiger partial charge in [-0.1, -0.05) is 71.4 Å². The minimum Gasteiger partial charge on any atom is -0.489 e. The Hall–Kier alpha value is -3.93. The van der Waals surface area contributed by atoms with Crippen LogP contribution in [0.2, 0.25) is 0 Å². The highest BCUT2D eigenvalue weighted by Gasteiger charge is 2.17. The van der Waals surface area contributed by atoms with E-state index in [0.29, 0.717) is 29.6 Å². The molecule has 0 aliphatic heterocycles. The molecular formula is C25H23N3O3. The molecule has 0 aliphatic rings. The number of carbonyl (C=O) groups is 1.